The van der Waals surface area contributed by atoms with Gasteiger partial charge >= 0.3 is 0 Å². The summed E-state index contributed by atoms with van der Waals surface area (Å²) >= 11 is 0. The summed E-state index contributed by atoms with van der Waals surface area (Å²) in [5, 5.41) is 6.55. The van der Waals surface area contributed by atoms with Crippen molar-refractivity contribution in [3.8, 4) is 0 Å². The SMILES string of the molecule is Cc1ccc(S(=O)(=O)NCC2CCCN(C(C)C(=O)Nc3cc(C)on3)C2)cc1. The molecule has 0 bridgehead atoms. The van der Waals surface area contributed by atoms with E-state index in [0.29, 0.717) is 24.7 Å². The van der Waals surface area contributed by atoms with Gasteiger partial charge in [0, 0.05) is 19.2 Å². The Hall–Kier alpha value is -2.23. The third-order valence-corrected chi connectivity index (χ3v) is 6.69. The van der Waals surface area contributed by atoms with E-state index in [1.54, 1.807) is 37.3 Å². The number of carbonyl (C=O) groups is 1. The summed E-state index contributed by atoms with van der Waals surface area (Å²) < 4.78 is 32.7. The van der Waals surface area contributed by atoms with E-state index in [1.165, 1.54) is 0 Å². The minimum Gasteiger partial charge on any atom is -0.360 e. The van der Waals surface area contributed by atoms with Crippen molar-refractivity contribution in [1.82, 2.24) is 14.8 Å². The first kappa shape index (κ1) is 21.5. The molecule has 1 aromatic carbocycles. The van der Waals surface area contributed by atoms with Crippen LogP contribution in [0.15, 0.2) is 39.8 Å². The average molecular weight is 421 g/mol. The van der Waals surface area contributed by atoms with Gasteiger partial charge in [0.2, 0.25) is 15.9 Å². The van der Waals surface area contributed by atoms with Crippen LogP contribution in [0.3, 0.4) is 0 Å². The van der Waals surface area contributed by atoms with Crippen molar-refractivity contribution in [3.63, 3.8) is 0 Å². The van der Waals surface area contributed by atoms with E-state index in [-0.39, 0.29) is 22.8 Å². The van der Waals surface area contributed by atoms with Gasteiger partial charge in [0.05, 0.1) is 10.9 Å². The standard InChI is InChI=1S/C20H28N4O4S/c1-14-6-8-18(9-7-14)29(26,27)21-12-17-5-4-10-24(13-17)16(3)20(25)22-19-11-15(2)28-23-19/h6-9,11,16-17,21H,4-5,10,12-13H2,1-3H3,(H,22,23,25). The largest absolute Gasteiger partial charge is 0.360 e. The Labute approximate surface area is 171 Å². The topological polar surface area (TPSA) is 105 Å². The van der Waals surface area contributed by atoms with Crippen LogP contribution < -0.4 is 10.0 Å². The van der Waals surface area contributed by atoms with Gasteiger partial charge in [-0.25, -0.2) is 13.1 Å². The van der Waals surface area contributed by atoms with E-state index >= 15 is 0 Å². The molecule has 8 nitrogen and oxygen atoms in total. The zero-order chi connectivity index (χ0) is 21.0. The van der Waals surface area contributed by atoms with E-state index < -0.39 is 10.0 Å². The highest BCUT2D eigenvalue weighted by molar-refractivity contribution is 7.89. The van der Waals surface area contributed by atoms with E-state index in [1.807, 2.05) is 13.8 Å². The minimum absolute atomic E-state index is 0.147. The van der Waals surface area contributed by atoms with E-state index in [2.05, 4.69) is 20.1 Å². The molecule has 1 saturated heterocycles. The molecule has 2 atom stereocenters. The van der Waals surface area contributed by atoms with Crippen LogP contribution in [0.5, 0.6) is 0 Å². The van der Waals surface area contributed by atoms with E-state index in [0.717, 1.165) is 24.9 Å². The highest BCUT2D eigenvalue weighted by atomic mass is 32.2. The fraction of sp³-hybridized carbons (Fsp3) is 0.500. The van der Waals surface area contributed by atoms with Crippen LogP contribution in [-0.2, 0) is 14.8 Å². The zero-order valence-electron chi connectivity index (χ0n) is 17.0. The maximum absolute atomic E-state index is 12.5. The number of aromatic nitrogens is 1. The van der Waals surface area contributed by atoms with Crippen molar-refractivity contribution >= 4 is 21.7 Å². The van der Waals surface area contributed by atoms with Crippen LogP contribution in [0.2, 0.25) is 0 Å². The normalized spacial score (nSPS) is 19.1. The van der Waals surface area contributed by atoms with Gasteiger partial charge in [-0.3, -0.25) is 9.69 Å². The zero-order valence-corrected chi connectivity index (χ0v) is 17.8. The summed E-state index contributed by atoms with van der Waals surface area (Å²) in [5.74, 6) is 1.03. The number of rotatable bonds is 7. The number of nitrogens with zero attached hydrogens (tertiary/aromatic N) is 2. The molecule has 1 aliphatic heterocycles. The summed E-state index contributed by atoms with van der Waals surface area (Å²) in [4.78, 5) is 14.9. The number of nitrogens with one attached hydrogen (secondary N) is 2. The maximum atomic E-state index is 12.5. The number of benzene rings is 1. The molecule has 0 saturated carbocycles. The molecule has 2 aromatic rings. The van der Waals surface area contributed by atoms with Gasteiger partial charge in [0.15, 0.2) is 5.82 Å². The number of aryl methyl sites for hydroxylation is 2. The molecule has 1 fully saturated rings. The Morgan fingerprint density at radius 2 is 2.03 bits per heavy atom. The predicted octanol–water partition coefficient (Wildman–Crippen LogP) is 2.31. The molecular weight excluding hydrogens is 392 g/mol. The number of anilines is 1. The molecule has 1 aliphatic rings. The van der Waals surface area contributed by atoms with Gasteiger partial charge in [0.25, 0.3) is 0 Å². The first-order valence-corrected chi connectivity index (χ1v) is 11.3. The molecule has 2 heterocycles. The highest BCUT2D eigenvalue weighted by Gasteiger charge is 2.28. The van der Waals surface area contributed by atoms with E-state index in [4.69, 9.17) is 4.52 Å². The number of hydrogen-bond acceptors (Lipinski definition) is 6. The third kappa shape index (κ3) is 5.65. The van der Waals surface area contributed by atoms with Crippen LogP contribution in [-0.4, -0.2) is 50.1 Å². The number of likely N-dealkylation sites (tertiary alicyclic amines) is 1. The predicted molar refractivity (Wildman–Crippen MR) is 110 cm³/mol. The molecule has 158 valence electrons. The molecule has 2 N–H and O–H groups in total. The second kappa shape index (κ2) is 9.06. The van der Waals surface area contributed by atoms with Gasteiger partial charge in [-0.15, -0.1) is 0 Å². The van der Waals surface area contributed by atoms with Gasteiger partial charge in [-0.1, -0.05) is 22.9 Å². The summed E-state index contributed by atoms with van der Waals surface area (Å²) in [6.45, 7) is 7.33. The minimum atomic E-state index is -3.54. The molecule has 2 unspecified atom stereocenters. The lowest BCUT2D eigenvalue weighted by molar-refractivity contribution is -0.121. The number of sulfonamides is 1. The Kier molecular flexibility index (Phi) is 6.71. The lowest BCUT2D eigenvalue weighted by atomic mass is 9.97. The Balaban J connectivity index is 1.54. The van der Waals surface area contributed by atoms with Crippen molar-refractivity contribution in [2.45, 2.75) is 44.6 Å². The van der Waals surface area contributed by atoms with Crippen LogP contribution in [0.4, 0.5) is 5.82 Å². The van der Waals surface area contributed by atoms with E-state index in [9.17, 15) is 13.2 Å². The third-order valence-electron chi connectivity index (χ3n) is 5.25. The Morgan fingerprint density at radius 3 is 2.69 bits per heavy atom. The number of carbonyl (C=O) groups excluding carboxylic acids is 1. The number of amides is 1. The molecule has 0 aliphatic carbocycles. The van der Waals surface area contributed by atoms with Crippen molar-refractivity contribution in [1.29, 1.82) is 0 Å². The molecule has 29 heavy (non-hydrogen) atoms. The summed E-state index contributed by atoms with van der Waals surface area (Å²) in [5.41, 5.74) is 1.01. The summed E-state index contributed by atoms with van der Waals surface area (Å²) in [6, 6.07) is 8.12. The summed E-state index contributed by atoms with van der Waals surface area (Å²) in [7, 11) is -3.54. The fourth-order valence-electron chi connectivity index (χ4n) is 3.47. The van der Waals surface area contributed by atoms with Crippen LogP contribution >= 0.6 is 0 Å². The number of hydrogen-bond donors (Lipinski definition) is 2. The first-order valence-electron chi connectivity index (χ1n) is 9.79. The molecule has 0 spiro atoms. The van der Waals surface area contributed by atoms with Gasteiger partial charge in [-0.2, -0.15) is 0 Å². The Bertz CT molecular complexity index is 940. The molecule has 0 radical (unpaired) electrons. The quantitative estimate of drug-likeness (QED) is 0.712. The van der Waals surface area contributed by atoms with Gasteiger partial charge < -0.3 is 9.84 Å². The molecular formula is C20H28N4O4S. The lowest BCUT2D eigenvalue weighted by Crippen LogP contribution is -2.49. The van der Waals surface area contributed by atoms with Crippen LogP contribution in [0.25, 0.3) is 0 Å². The van der Waals surface area contributed by atoms with Gasteiger partial charge in [-0.05, 0) is 58.2 Å². The highest BCUT2D eigenvalue weighted by Crippen LogP contribution is 2.20. The lowest BCUT2D eigenvalue weighted by Gasteiger charge is -2.36. The first-order chi connectivity index (χ1) is 13.7. The second-order valence-corrected chi connectivity index (χ2v) is 9.42. The van der Waals surface area contributed by atoms with Crippen molar-refractivity contribution < 1.29 is 17.7 Å². The Morgan fingerprint density at radius 1 is 1.31 bits per heavy atom. The molecule has 9 heteroatoms. The van der Waals surface area contributed by atoms with Crippen LogP contribution in [0, 0.1) is 19.8 Å². The number of piperidine rings is 1. The molecule has 1 aromatic heterocycles. The van der Waals surface area contributed by atoms with Crippen LogP contribution in [0.1, 0.15) is 31.1 Å². The van der Waals surface area contributed by atoms with Gasteiger partial charge in [0.1, 0.15) is 5.76 Å². The smallest absolute Gasteiger partial charge is 0.242 e. The maximum Gasteiger partial charge on any atom is 0.242 e. The van der Waals surface area contributed by atoms with Crippen molar-refractivity contribution in [2.24, 2.45) is 5.92 Å². The average Bonchev–Trinajstić information content (AvgIpc) is 3.11. The molecule has 1 amide bonds. The monoisotopic (exact) mass is 420 g/mol. The fourth-order valence-corrected chi connectivity index (χ4v) is 4.58. The van der Waals surface area contributed by atoms with Crippen molar-refractivity contribution in [3.05, 3.63) is 41.7 Å². The second-order valence-electron chi connectivity index (χ2n) is 7.66. The molecule has 3 rings (SSSR count). The summed E-state index contributed by atoms with van der Waals surface area (Å²) in [6.07, 6.45) is 1.83. The van der Waals surface area contributed by atoms with Crippen molar-refractivity contribution in [2.75, 3.05) is 25.0 Å².